The first-order valence-electron chi connectivity index (χ1n) is 5.24. The summed E-state index contributed by atoms with van der Waals surface area (Å²) in [7, 11) is 0. The minimum absolute atomic E-state index is 0.261. The van der Waals surface area contributed by atoms with Gasteiger partial charge in [0.1, 0.15) is 0 Å². The average Bonchev–Trinajstić information content (AvgIpc) is 2.57. The number of aromatic nitrogens is 1. The van der Waals surface area contributed by atoms with E-state index in [9.17, 15) is 4.79 Å². The lowest BCUT2D eigenvalue weighted by molar-refractivity contribution is 0.0881. The highest BCUT2D eigenvalue weighted by Gasteiger charge is 2.26. The first-order valence-corrected chi connectivity index (χ1v) is 5.78. The number of halogens is 1. The molecule has 1 heterocycles. The third kappa shape index (κ3) is 2.76. The number of nitrogens with one attached hydrogen (secondary N) is 1. The van der Waals surface area contributed by atoms with Crippen molar-refractivity contribution in [1.29, 1.82) is 0 Å². The number of carbonyl (C=O) groups is 1. The Balaban J connectivity index is 2.84. The van der Waals surface area contributed by atoms with Gasteiger partial charge in [0, 0.05) is 12.8 Å². The van der Waals surface area contributed by atoms with Gasteiger partial charge in [-0.1, -0.05) is 6.92 Å². The normalized spacial score (nSPS) is 14.6. The molecule has 1 N–H and O–H groups in total. The van der Waals surface area contributed by atoms with E-state index in [2.05, 4.69) is 10.3 Å². The van der Waals surface area contributed by atoms with Crippen LogP contribution in [0, 0.1) is 13.8 Å². The molecule has 0 aliphatic carbocycles. The summed E-state index contributed by atoms with van der Waals surface area (Å²) in [6.45, 7) is 7.33. The van der Waals surface area contributed by atoms with Crippen LogP contribution in [0.1, 0.15) is 42.4 Å². The van der Waals surface area contributed by atoms with Gasteiger partial charge in [-0.3, -0.25) is 4.79 Å². The summed E-state index contributed by atoms with van der Waals surface area (Å²) in [6, 6.07) is 0. The summed E-state index contributed by atoms with van der Waals surface area (Å²) in [5.74, 6) is 0.860. The Hall–Kier alpha value is -1.03. The average molecular weight is 245 g/mol. The molecule has 0 saturated carbocycles. The van der Waals surface area contributed by atoms with Crippen LogP contribution in [0.25, 0.3) is 0 Å². The Morgan fingerprint density at radius 1 is 1.56 bits per heavy atom. The molecule has 0 bridgehead atoms. The van der Waals surface area contributed by atoms with Crippen LogP contribution in [-0.2, 0) is 0 Å². The second-order valence-electron chi connectivity index (χ2n) is 4.15. The van der Waals surface area contributed by atoms with Crippen LogP contribution in [0.15, 0.2) is 4.42 Å². The summed E-state index contributed by atoms with van der Waals surface area (Å²) in [5.41, 5.74) is 0.189. The molecular weight excluding hydrogens is 228 g/mol. The van der Waals surface area contributed by atoms with Crippen molar-refractivity contribution in [2.24, 2.45) is 0 Å². The molecule has 1 aromatic heterocycles. The SMILES string of the molecule is CCC(C)(CCl)NC(=O)c1oc(C)nc1C. The molecule has 0 radical (unpaired) electrons. The predicted molar refractivity (Wildman–Crippen MR) is 62.9 cm³/mol. The molecule has 0 aliphatic heterocycles. The topological polar surface area (TPSA) is 55.1 Å². The molecular formula is C11H17ClN2O2. The fourth-order valence-corrected chi connectivity index (χ4v) is 1.54. The lowest BCUT2D eigenvalue weighted by Gasteiger charge is -2.26. The zero-order chi connectivity index (χ0) is 12.3. The van der Waals surface area contributed by atoms with Crippen LogP contribution in [0.5, 0.6) is 0 Å². The summed E-state index contributed by atoms with van der Waals surface area (Å²) >= 11 is 5.82. The number of hydrogen-bond donors (Lipinski definition) is 1. The molecule has 1 rings (SSSR count). The number of aryl methyl sites for hydroxylation is 2. The van der Waals surface area contributed by atoms with Crippen molar-refractivity contribution in [3.63, 3.8) is 0 Å². The lowest BCUT2D eigenvalue weighted by atomic mass is 10.0. The maximum atomic E-state index is 11.9. The molecule has 0 aliphatic rings. The van der Waals surface area contributed by atoms with Crippen molar-refractivity contribution >= 4 is 17.5 Å². The fraction of sp³-hybridized carbons (Fsp3) is 0.636. The predicted octanol–water partition coefficient (Wildman–Crippen LogP) is 2.43. The van der Waals surface area contributed by atoms with Crippen molar-refractivity contribution in [2.75, 3.05) is 5.88 Å². The zero-order valence-corrected chi connectivity index (χ0v) is 10.8. The summed E-state index contributed by atoms with van der Waals surface area (Å²) in [5, 5.41) is 2.86. The number of carbonyl (C=O) groups excluding carboxylic acids is 1. The Kier molecular flexibility index (Phi) is 3.97. The standard InChI is InChI=1S/C11H17ClN2O2/c1-5-11(4,6-12)14-10(15)9-7(2)13-8(3)16-9/h5-6H2,1-4H3,(H,14,15). The highest BCUT2D eigenvalue weighted by Crippen LogP contribution is 2.15. The van der Waals surface area contributed by atoms with E-state index in [0.29, 0.717) is 17.5 Å². The third-order valence-electron chi connectivity index (χ3n) is 2.60. The van der Waals surface area contributed by atoms with Crippen molar-refractivity contribution in [2.45, 2.75) is 39.7 Å². The minimum atomic E-state index is -0.411. The van der Waals surface area contributed by atoms with Gasteiger partial charge in [0.15, 0.2) is 5.89 Å². The first kappa shape index (κ1) is 13.0. The molecule has 90 valence electrons. The number of alkyl halides is 1. The summed E-state index contributed by atoms with van der Waals surface area (Å²) in [4.78, 5) is 16.0. The van der Waals surface area contributed by atoms with Crippen molar-refractivity contribution < 1.29 is 9.21 Å². The van der Waals surface area contributed by atoms with Crippen LogP contribution in [0.4, 0.5) is 0 Å². The van der Waals surface area contributed by atoms with Gasteiger partial charge in [0.2, 0.25) is 5.76 Å². The van der Waals surface area contributed by atoms with E-state index in [1.807, 2.05) is 13.8 Å². The molecule has 1 amide bonds. The van der Waals surface area contributed by atoms with E-state index in [0.717, 1.165) is 6.42 Å². The van der Waals surface area contributed by atoms with E-state index >= 15 is 0 Å². The molecule has 1 atom stereocenters. The zero-order valence-electron chi connectivity index (χ0n) is 10.1. The van der Waals surface area contributed by atoms with E-state index < -0.39 is 5.54 Å². The molecule has 0 saturated heterocycles. The Labute approximate surface area is 100 Å². The maximum absolute atomic E-state index is 11.9. The van der Waals surface area contributed by atoms with Crippen LogP contribution in [0.3, 0.4) is 0 Å². The number of oxazole rings is 1. The van der Waals surface area contributed by atoms with Crippen LogP contribution in [0.2, 0.25) is 0 Å². The van der Waals surface area contributed by atoms with Gasteiger partial charge in [-0.15, -0.1) is 11.6 Å². The second-order valence-corrected chi connectivity index (χ2v) is 4.42. The molecule has 1 aromatic rings. The van der Waals surface area contributed by atoms with Gasteiger partial charge in [-0.25, -0.2) is 4.98 Å². The monoisotopic (exact) mass is 244 g/mol. The lowest BCUT2D eigenvalue weighted by Crippen LogP contribution is -2.47. The second kappa shape index (κ2) is 4.87. The number of rotatable bonds is 4. The molecule has 0 fully saturated rings. The molecule has 4 nitrogen and oxygen atoms in total. The van der Waals surface area contributed by atoms with Gasteiger partial charge >= 0.3 is 0 Å². The van der Waals surface area contributed by atoms with E-state index in [-0.39, 0.29) is 11.7 Å². The fourth-order valence-electron chi connectivity index (χ4n) is 1.29. The Morgan fingerprint density at radius 2 is 2.19 bits per heavy atom. The summed E-state index contributed by atoms with van der Waals surface area (Å²) in [6.07, 6.45) is 0.758. The van der Waals surface area contributed by atoms with Gasteiger partial charge in [-0.2, -0.15) is 0 Å². The van der Waals surface area contributed by atoms with E-state index in [1.165, 1.54) is 0 Å². The van der Waals surface area contributed by atoms with Gasteiger partial charge in [0.25, 0.3) is 5.91 Å². The van der Waals surface area contributed by atoms with Gasteiger partial charge < -0.3 is 9.73 Å². The van der Waals surface area contributed by atoms with Crippen LogP contribution >= 0.6 is 11.6 Å². The highest BCUT2D eigenvalue weighted by atomic mass is 35.5. The van der Waals surface area contributed by atoms with Crippen molar-refractivity contribution in [3.05, 3.63) is 17.3 Å². The van der Waals surface area contributed by atoms with Crippen molar-refractivity contribution in [1.82, 2.24) is 10.3 Å². The van der Waals surface area contributed by atoms with Gasteiger partial charge in [0.05, 0.1) is 11.2 Å². The summed E-state index contributed by atoms with van der Waals surface area (Å²) < 4.78 is 5.24. The maximum Gasteiger partial charge on any atom is 0.289 e. The molecule has 0 spiro atoms. The minimum Gasteiger partial charge on any atom is -0.436 e. The number of amides is 1. The molecule has 16 heavy (non-hydrogen) atoms. The number of nitrogens with zero attached hydrogens (tertiary/aromatic N) is 1. The van der Waals surface area contributed by atoms with Crippen LogP contribution < -0.4 is 5.32 Å². The third-order valence-corrected chi connectivity index (χ3v) is 3.19. The molecule has 5 heteroatoms. The quantitative estimate of drug-likeness (QED) is 0.828. The highest BCUT2D eigenvalue weighted by molar-refractivity contribution is 6.18. The molecule has 1 unspecified atom stereocenters. The number of hydrogen-bond acceptors (Lipinski definition) is 3. The van der Waals surface area contributed by atoms with Crippen molar-refractivity contribution in [3.8, 4) is 0 Å². The Morgan fingerprint density at radius 3 is 2.56 bits per heavy atom. The smallest absolute Gasteiger partial charge is 0.289 e. The van der Waals surface area contributed by atoms with Gasteiger partial charge in [-0.05, 0) is 20.3 Å². The van der Waals surface area contributed by atoms with E-state index in [1.54, 1.807) is 13.8 Å². The van der Waals surface area contributed by atoms with E-state index in [4.69, 9.17) is 16.0 Å². The molecule has 0 aromatic carbocycles. The Bertz CT molecular complexity index is 383. The van der Waals surface area contributed by atoms with Crippen LogP contribution in [-0.4, -0.2) is 22.3 Å². The largest absolute Gasteiger partial charge is 0.436 e. The first-order chi connectivity index (χ1) is 7.41.